The summed E-state index contributed by atoms with van der Waals surface area (Å²) in [6, 6.07) is 13.1. The van der Waals surface area contributed by atoms with Gasteiger partial charge in [-0.25, -0.2) is 13.6 Å². The molecule has 1 amide bonds. The van der Waals surface area contributed by atoms with Crippen LogP contribution in [0.15, 0.2) is 57.7 Å². The van der Waals surface area contributed by atoms with E-state index in [0.717, 1.165) is 7.11 Å². The lowest BCUT2D eigenvalue weighted by atomic mass is 10.0. The first-order valence-electron chi connectivity index (χ1n) is 10.4. The van der Waals surface area contributed by atoms with E-state index in [1.54, 1.807) is 30.3 Å². The fourth-order valence-corrected chi connectivity index (χ4v) is 3.77. The molecule has 0 atom stereocenters. The highest BCUT2D eigenvalue weighted by molar-refractivity contribution is 7.80. The Hall–Kier alpha value is -4.45. The molecule has 4 aromatic rings. The standard InChI is InChI=1S/C25H16F4N2O5S/c1-34-16-10-12(7-8-13(16)14-9-11-5-3-4-6-15(11)36-24(14)33)30-25(37)31-23(32)17-18(26)20(28)22(35-2)21(29)19(17)27/h3-10H,1-2H3,(H2,30,31,32,37). The van der Waals surface area contributed by atoms with Crippen molar-refractivity contribution in [2.75, 3.05) is 19.5 Å². The Morgan fingerprint density at radius 2 is 1.57 bits per heavy atom. The van der Waals surface area contributed by atoms with Crippen molar-refractivity contribution in [1.29, 1.82) is 0 Å². The van der Waals surface area contributed by atoms with Crippen LogP contribution in [-0.4, -0.2) is 25.2 Å². The van der Waals surface area contributed by atoms with Crippen molar-refractivity contribution in [1.82, 2.24) is 5.32 Å². The second-order valence-corrected chi connectivity index (χ2v) is 7.88. The fraction of sp³-hybridized carbons (Fsp3) is 0.0800. The van der Waals surface area contributed by atoms with Crippen LogP contribution in [0.2, 0.25) is 0 Å². The summed E-state index contributed by atoms with van der Waals surface area (Å²) in [4.78, 5) is 24.9. The Morgan fingerprint density at radius 1 is 0.892 bits per heavy atom. The fourth-order valence-electron chi connectivity index (χ4n) is 3.56. The Labute approximate surface area is 211 Å². The van der Waals surface area contributed by atoms with E-state index in [4.69, 9.17) is 21.4 Å². The van der Waals surface area contributed by atoms with Crippen molar-refractivity contribution in [3.05, 3.63) is 87.8 Å². The molecule has 0 saturated heterocycles. The minimum atomic E-state index is -1.95. The predicted octanol–water partition coefficient (Wildman–Crippen LogP) is 5.16. The van der Waals surface area contributed by atoms with Crippen molar-refractivity contribution in [2.45, 2.75) is 0 Å². The van der Waals surface area contributed by atoms with Gasteiger partial charge in [-0.1, -0.05) is 18.2 Å². The van der Waals surface area contributed by atoms with E-state index in [1.165, 1.54) is 25.3 Å². The van der Waals surface area contributed by atoms with Gasteiger partial charge >= 0.3 is 5.63 Å². The van der Waals surface area contributed by atoms with Gasteiger partial charge in [0.2, 0.25) is 11.6 Å². The summed E-state index contributed by atoms with van der Waals surface area (Å²) in [5.41, 5.74) is -0.814. The van der Waals surface area contributed by atoms with Gasteiger partial charge in [-0.15, -0.1) is 0 Å². The predicted molar refractivity (Wildman–Crippen MR) is 131 cm³/mol. The number of hydrogen-bond acceptors (Lipinski definition) is 6. The molecule has 2 N–H and O–H groups in total. The van der Waals surface area contributed by atoms with Crippen molar-refractivity contribution >= 4 is 39.9 Å². The number of hydrogen-bond donors (Lipinski definition) is 2. The Kier molecular flexibility index (Phi) is 7.11. The summed E-state index contributed by atoms with van der Waals surface area (Å²) >= 11 is 4.99. The first-order chi connectivity index (χ1) is 17.7. The Bertz CT molecular complexity index is 1590. The SMILES string of the molecule is COc1cc(NC(=S)NC(=O)c2c(F)c(F)c(OC)c(F)c2F)ccc1-c1cc2ccccc2oc1=O. The van der Waals surface area contributed by atoms with Gasteiger partial charge in [-0.3, -0.25) is 10.1 Å². The Morgan fingerprint density at radius 3 is 2.22 bits per heavy atom. The molecule has 37 heavy (non-hydrogen) atoms. The molecule has 3 aromatic carbocycles. The zero-order chi connectivity index (χ0) is 26.9. The lowest BCUT2D eigenvalue weighted by molar-refractivity contribution is 0.0966. The molecule has 1 aromatic heterocycles. The highest BCUT2D eigenvalue weighted by Crippen LogP contribution is 2.33. The molecular formula is C25H16F4N2O5S. The van der Waals surface area contributed by atoms with Crippen molar-refractivity contribution in [3.63, 3.8) is 0 Å². The van der Waals surface area contributed by atoms with Gasteiger partial charge in [-0.05, 0) is 36.5 Å². The molecule has 0 bridgehead atoms. The smallest absolute Gasteiger partial charge is 0.344 e. The molecule has 0 saturated carbocycles. The van der Waals surface area contributed by atoms with Crippen LogP contribution in [0.3, 0.4) is 0 Å². The molecular weight excluding hydrogens is 516 g/mol. The van der Waals surface area contributed by atoms with Gasteiger partial charge in [0.25, 0.3) is 5.91 Å². The highest BCUT2D eigenvalue weighted by atomic mass is 32.1. The lowest BCUT2D eigenvalue weighted by Crippen LogP contribution is -2.35. The third-order valence-corrected chi connectivity index (χ3v) is 5.48. The average Bonchev–Trinajstić information content (AvgIpc) is 2.87. The van der Waals surface area contributed by atoms with Crippen LogP contribution >= 0.6 is 12.2 Å². The largest absolute Gasteiger partial charge is 0.496 e. The number of ether oxygens (including phenoxy) is 2. The second-order valence-electron chi connectivity index (χ2n) is 7.47. The monoisotopic (exact) mass is 532 g/mol. The summed E-state index contributed by atoms with van der Waals surface area (Å²) in [5.74, 6) is -10.2. The number of carbonyl (C=O) groups excluding carboxylic acids is 1. The van der Waals surface area contributed by atoms with Crippen molar-refractivity contribution in [2.24, 2.45) is 0 Å². The van der Waals surface area contributed by atoms with Crippen LogP contribution in [0, 0.1) is 23.3 Å². The quantitative estimate of drug-likeness (QED) is 0.159. The third kappa shape index (κ3) is 4.83. The lowest BCUT2D eigenvalue weighted by Gasteiger charge is -2.14. The number of fused-ring (bicyclic) bond motifs is 1. The van der Waals surface area contributed by atoms with Crippen LogP contribution < -0.4 is 25.7 Å². The molecule has 0 aliphatic rings. The van der Waals surface area contributed by atoms with Crippen LogP contribution in [0.25, 0.3) is 22.1 Å². The first-order valence-corrected chi connectivity index (χ1v) is 10.8. The number of para-hydroxylation sites is 1. The molecule has 7 nitrogen and oxygen atoms in total. The molecule has 190 valence electrons. The highest BCUT2D eigenvalue weighted by Gasteiger charge is 2.30. The van der Waals surface area contributed by atoms with Crippen LogP contribution in [0.4, 0.5) is 23.2 Å². The van der Waals surface area contributed by atoms with Crippen molar-refractivity contribution < 1.29 is 36.2 Å². The van der Waals surface area contributed by atoms with Gasteiger partial charge in [-0.2, -0.15) is 8.78 Å². The molecule has 0 aliphatic heterocycles. The number of benzene rings is 3. The van der Waals surface area contributed by atoms with E-state index >= 15 is 0 Å². The molecule has 0 unspecified atom stereocenters. The average molecular weight is 532 g/mol. The summed E-state index contributed by atoms with van der Waals surface area (Å²) in [7, 11) is 2.18. The van der Waals surface area contributed by atoms with Gasteiger partial charge < -0.3 is 19.2 Å². The maximum atomic E-state index is 14.2. The van der Waals surface area contributed by atoms with Gasteiger partial charge in [0.1, 0.15) is 16.9 Å². The number of amides is 1. The van der Waals surface area contributed by atoms with E-state index in [0.29, 0.717) is 16.5 Å². The molecule has 0 radical (unpaired) electrons. The van der Waals surface area contributed by atoms with E-state index in [-0.39, 0.29) is 17.0 Å². The minimum Gasteiger partial charge on any atom is -0.496 e. The molecule has 12 heteroatoms. The summed E-state index contributed by atoms with van der Waals surface area (Å²) in [6.45, 7) is 0. The summed E-state index contributed by atoms with van der Waals surface area (Å²) in [5, 5.41) is 4.79. The molecule has 1 heterocycles. The number of rotatable bonds is 5. The maximum Gasteiger partial charge on any atom is 0.344 e. The number of anilines is 1. The second kappa shape index (κ2) is 10.3. The number of methoxy groups -OCH3 is 2. The number of carbonyl (C=O) groups is 1. The molecule has 4 rings (SSSR count). The first kappa shape index (κ1) is 25.6. The Balaban J connectivity index is 1.58. The summed E-state index contributed by atoms with van der Waals surface area (Å²) < 4.78 is 71.3. The third-order valence-electron chi connectivity index (χ3n) is 5.27. The maximum absolute atomic E-state index is 14.2. The number of nitrogens with one attached hydrogen (secondary N) is 2. The van der Waals surface area contributed by atoms with Gasteiger partial charge in [0.05, 0.1) is 19.8 Å². The van der Waals surface area contributed by atoms with Crippen LogP contribution in [0.5, 0.6) is 11.5 Å². The normalized spacial score (nSPS) is 10.8. The molecule has 0 spiro atoms. The summed E-state index contributed by atoms with van der Waals surface area (Å²) in [6.07, 6.45) is 0. The topological polar surface area (TPSA) is 89.8 Å². The number of thiocarbonyl (C=S) groups is 1. The van der Waals surface area contributed by atoms with E-state index in [9.17, 15) is 27.2 Å². The zero-order valence-corrected chi connectivity index (χ0v) is 19.9. The van der Waals surface area contributed by atoms with Crippen LogP contribution in [0.1, 0.15) is 10.4 Å². The minimum absolute atomic E-state index is 0.229. The van der Waals surface area contributed by atoms with E-state index in [2.05, 4.69) is 10.1 Å². The van der Waals surface area contributed by atoms with Crippen LogP contribution in [-0.2, 0) is 0 Å². The molecule has 0 aliphatic carbocycles. The molecule has 0 fully saturated rings. The van der Waals surface area contributed by atoms with E-state index in [1.807, 2.05) is 5.32 Å². The van der Waals surface area contributed by atoms with E-state index < -0.39 is 51.2 Å². The van der Waals surface area contributed by atoms with Gasteiger partial charge in [0, 0.05) is 22.7 Å². The van der Waals surface area contributed by atoms with Crippen molar-refractivity contribution in [3.8, 4) is 22.6 Å². The number of halogens is 4. The van der Waals surface area contributed by atoms with Gasteiger partial charge in [0.15, 0.2) is 22.5 Å². The zero-order valence-electron chi connectivity index (χ0n) is 19.1.